The molecule has 4 heterocycles. The summed E-state index contributed by atoms with van der Waals surface area (Å²) in [5, 5.41) is 13.7. The second-order valence-electron chi connectivity index (χ2n) is 13.5. The molecule has 0 bridgehead atoms. The minimum Gasteiger partial charge on any atom is -0.496 e. The maximum Gasteiger partial charge on any atom is 0.225 e. The molecule has 274 valence electrons. The molecule has 4 aromatic rings. The first-order valence-electron chi connectivity index (χ1n) is 17.7. The van der Waals surface area contributed by atoms with Crippen molar-refractivity contribution in [1.82, 2.24) is 30.8 Å². The number of carbonyl (C=O) groups excluding carboxylic acids is 2. The lowest BCUT2D eigenvalue weighted by Crippen LogP contribution is -2.46. The number of carbonyl (C=O) groups is 2. The number of halogens is 3. The van der Waals surface area contributed by atoms with Crippen LogP contribution in [0.25, 0.3) is 22.4 Å². The van der Waals surface area contributed by atoms with Crippen molar-refractivity contribution in [3.05, 3.63) is 87.9 Å². The molecule has 0 saturated carbocycles. The summed E-state index contributed by atoms with van der Waals surface area (Å²) < 4.78 is 21.5. The van der Waals surface area contributed by atoms with Crippen LogP contribution >= 0.6 is 23.2 Å². The van der Waals surface area contributed by atoms with Crippen LogP contribution in [0.3, 0.4) is 0 Å². The summed E-state index contributed by atoms with van der Waals surface area (Å²) in [6, 6.07) is 15.0. The molecule has 52 heavy (non-hydrogen) atoms. The average Bonchev–Trinajstić information content (AvgIpc) is 3.57. The Kier molecular flexibility index (Phi) is 12.3. The van der Waals surface area contributed by atoms with Crippen LogP contribution in [0.2, 0.25) is 10.0 Å². The van der Waals surface area contributed by atoms with Gasteiger partial charge in [0.1, 0.15) is 5.75 Å². The van der Waals surface area contributed by atoms with Crippen LogP contribution in [-0.4, -0.2) is 65.5 Å². The Bertz CT molecular complexity index is 1920. The van der Waals surface area contributed by atoms with Gasteiger partial charge in [0.25, 0.3) is 0 Å². The van der Waals surface area contributed by atoms with Gasteiger partial charge in [0.15, 0.2) is 11.6 Å². The van der Waals surface area contributed by atoms with Gasteiger partial charge in [-0.1, -0.05) is 61.3 Å². The number of ether oxygens (including phenoxy) is 1. The topological polar surface area (TPSA) is 121 Å². The van der Waals surface area contributed by atoms with E-state index in [2.05, 4.69) is 31.2 Å². The number of likely N-dealkylation sites (tertiary alicyclic amines) is 1. The maximum atomic E-state index is 15.8. The zero-order valence-corrected chi connectivity index (χ0v) is 31.1. The Morgan fingerprint density at radius 1 is 1.00 bits per heavy atom. The zero-order chi connectivity index (χ0) is 36.8. The Morgan fingerprint density at radius 3 is 2.50 bits per heavy atom. The van der Waals surface area contributed by atoms with E-state index in [0.29, 0.717) is 83.0 Å². The van der Waals surface area contributed by atoms with Crippen LogP contribution in [0.15, 0.2) is 60.9 Å². The molecule has 13 heteroatoms. The smallest absolute Gasteiger partial charge is 0.225 e. The third-order valence-corrected chi connectivity index (χ3v) is 10.4. The summed E-state index contributed by atoms with van der Waals surface area (Å²) in [6.07, 6.45) is 6.27. The van der Waals surface area contributed by atoms with Gasteiger partial charge in [0.05, 0.1) is 28.5 Å². The van der Waals surface area contributed by atoms with Crippen LogP contribution < -0.4 is 26.0 Å². The maximum absolute atomic E-state index is 15.8. The van der Waals surface area contributed by atoms with Crippen molar-refractivity contribution in [3.63, 3.8) is 0 Å². The first-order valence-corrected chi connectivity index (χ1v) is 18.4. The number of anilines is 2. The van der Waals surface area contributed by atoms with E-state index in [1.807, 2.05) is 49.1 Å². The largest absolute Gasteiger partial charge is 0.496 e. The lowest BCUT2D eigenvalue weighted by atomic mass is 10.0. The fraction of sp³-hybridized carbons (Fsp3) is 0.385. The first-order chi connectivity index (χ1) is 25.1. The summed E-state index contributed by atoms with van der Waals surface area (Å²) in [4.78, 5) is 34.6. The van der Waals surface area contributed by atoms with Crippen molar-refractivity contribution in [1.29, 1.82) is 0 Å². The molecule has 0 radical (unpaired) electrons. The molecule has 6 rings (SSSR count). The fourth-order valence-electron chi connectivity index (χ4n) is 6.70. The molecule has 2 fully saturated rings. The van der Waals surface area contributed by atoms with Gasteiger partial charge in [-0.05, 0) is 43.5 Å². The van der Waals surface area contributed by atoms with E-state index in [-0.39, 0.29) is 35.6 Å². The van der Waals surface area contributed by atoms with Gasteiger partial charge in [0.2, 0.25) is 11.8 Å². The SMILES string of the molecule is COc1cc(-c2nccc(-c3cccc(Nc4nccc(CNC5CCN(C(=O)C(C)C)CC5)c4F)c3Cl)c2Cl)ccc1CNC[C@@H]1CCC(=O)N1. The lowest BCUT2D eigenvalue weighted by Gasteiger charge is -2.33. The highest BCUT2D eigenvalue weighted by Gasteiger charge is 2.25. The number of aromatic nitrogens is 2. The monoisotopic (exact) mass is 747 g/mol. The van der Waals surface area contributed by atoms with E-state index in [0.717, 1.165) is 30.4 Å². The van der Waals surface area contributed by atoms with E-state index in [4.69, 9.17) is 27.9 Å². The predicted octanol–water partition coefficient (Wildman–Crippen LogP) is 7.11. The third kappa shape index (κ3) is 8.66. The Balaban J connectivity index is 1.14. The number of piperidine rings is 1. The number of amides is 2. The number of hydrogen-bond acceptors (Lipinski definition) is 8. The summed E-state index contributed by atoms with van der Waals surface area (Å²) >= 11 is 14.0. The van der Waals surface area contributed by atoms with Crippen LogP contribution in [0.5, 0.6) is 5.75 Å². The molecule has 0 unspecified atom stereocenters. The van der Waals surface area contributed by atoms with E-state index in [1.54, 1.807) is 37.7 Å². The summed E-state index contributed by atoms with van der Waals surface area (Å²) in [7, 11) is 1.62. The number of pyridine rings is 2. The van der Waals surface area contributed by atoms with E-state index in [9.17, 15) is 9.59 Å². The van der Waals surface area contributed by atoms with E-state index in [1.165, 1.54) is 0 Å². The number of nitrogens with one attached hydrogen (secondary N) is 4. The highest BCUT2D eigenvalue weighted by atomic mass is 35.5. The molecular formula is C39H44Cl2FN7O3. The average molecular weight is 749 g/mol. The van der Waals surface area contributed by atoms with Crippen molar-refractivity contribution in [2.45, 2.75) is 64.7 Å². The molecule has 2 aromatic carbocycles. The molecule has 1 atom stereocenters. The van der Waals surface area contributed by atoms with Crippen molar-refractivity contribution in [2.75, 3.05) is 32.1 Å². The summed E-state index contributed by atoms with van der Waals surface area (Å²) in [6.45, 7) is 6.80. The fourth-order valence-corrected chi connectivity index (χ4v) is 7.30. The van der Waals surface area contributed by atoms with Crippen LogP contribution in [0.1, 0.15) is 50.7 Å². The van der Waals surface area contributed by atoms with Crippen LogP contribution in [0, 0.1) is 11.7 Å². The Morgan fingerprint density at radius 2 is 1.77 bits per heavy atom. The Labute approximate surface area is 313 Å². The van der Waals surface area contributed by atoms with E-state index >= 15 is 4.39 Å². The van der Waals surface area contributed by atoms with Gasteiger partial charge in [0, 0.05) is 97.4 Å². The second kappa shape index (κ2) is 17.0. The Hall–Kier alpha value is -4.29. The minimum atomic E-state index is -0.467. The molecule has 2 aromatic heterocycles. The molecule has 4 N–H and O–H groups in total. The second-order valence-corrected chi connectivity index (χ2v) is 14.3. The number of rotatable bonds is 13. The molecule has 0 aliphatic carbocycles. The highest BCUT2D eigenvalue weighted by molar-refractivity contribution is 6.39. The molecular weight excluding hydrogens is 704 g/mol. The standard InChI is InChI=1S/C39H44Cl2FN7O3/c1-23(2)39(51)49-17-13-27(14-18-49)46-21-26-11-15-45-38(36(26)42)48-31-6-4-5-29(34(31)40)30-12-16-44-37(35(30)41)24-7-8-25(32(19-24)52-3)20-43-22-28-9-10-33(50)47-28/h4-8,11-12,15-16,19,23,27-28,43,46H,9-10,13-14,17-18,20-22H2,1-3H3,(H,45,48)(H,47,50)/t28-/m0/s1. The lowest BCUT2D eigenvalue weighted by molar-refractivity contribution is -0.135. The van der Waals surface area contributed by atoms with E-state index < -0.39 is 5.82 Å². The summed E-state index contributed by atoms with van der Waals surface area (Å²) in [5.74, 6) is 0.528. The van der Waals surface area contributed by atoms with Crippen LogP contribution in [0.4, 0.5) is 15.9 Å². The number of nitrogens with zero attached hydrogens (tertiary/aromatic N) is 3. The first kappa shape index (κ1) is 37.5. The molecule has 0 spiro atoms. The van der Waals surface area contributed by atoms with Crippen LogP contribution in [-0.2, 0) is 22.7 Å². The zero-order valence-electron chi connectivity index (χ0n) is 29.6. The number of hydrogen-bond donors (Lipinski definition) is 4. The quantitative estimate of drug-likeness (QED) is 0.114. The minimum absolute atomic E-state index is 0.0170. The van der Waals surface area contributed by atoms with Crippen molar-refractivity contribution >= 4 is 46.5 Å². The van der Waals surface area contributed by atoms with Gasteiger partial charge >= 0.3 is 0 Å². The normalized spacial score (nSPS) is 16.3. The van der Waals surface area contributed by atoms with Gasteiger partial charge in [-0.15, -0.1) is 0 Å². The molecule has 2 aliphatic rings. The summed E-state index contributed by atoms with van der Waals surface area (Å²) in [5.41, 5.74) is 4.56. The number of methoxy groups -OCH3 is 1. The number of benzene rings is 2. The highest BCUT2D eigenvalue weighted by Crippen LogP contribution is 2.42. The van der Waals surface area contributed by atoms with Gasteiger partial charge in [-0.3, -0.25) is 14.6 Å². The molecule has 2 amide bonds. The van der Waals surface area contributed by atoms with Gasteiger partial charge < -0.3 is 30.9 Å². The molecule has 10 nitrogen and oxygen atoms in total. The predicted molar refractivity (Wildman–Crippen MR) is 203 cm³/mol. The van der Waals surface area contributed by atoms with Crippen molar-refractivity contribution < 1.29 is 18.7 Å². The molecule has 2 saturated heterocycles. The molecule has 2 aliphatic heterocycles. The third-order valence-electron chi connectivity index (χ3n) is 9.63. The van der Waals surface area contributed by atoms with Gasteiger partial charge in [-0.25, -0.2) is 9.37 Å². The van der Waals surface area contributed by atoms with Gasteiger partial charge in [-0.2, -0.15) is 0 Å². The van der Waals surface area contributed by atoms with Crippen molar-refractivity contribution in [3.8, 4) is 28.1 Å². The van der Waals surface area contributed by atoms with Crippen molar-refractivity contribution in [2.24, 2.45) is 5.92 Å².